The van der Waals surface area contributed by atoms with Gasteiger partial charge in [0.05, 0.1) is 19.6 Å². The molecule has 1 aromatic carbocycles. The zero-order valence-electron chi connectivity index (χ0n) is 10.8. The molecular formula is C14H19NO4. The SMILES string of the molecule is O=C(CC1OCCCO1)NCCc1cccc(O)c1. The highest BCUT2D eigenvalue weighted by molar-refractivity contribution is 5.76. The number of phenolic OH excluding ortho intramolecular Hbond substituents is 1. The van der Waals surface area contributed by atoms with Crippen LogP contribution in [0, 0.1) is 0 Å². The van der Waals surface area contributed by atoms with Crippen LogP contribution in [0.1, 0.15) is 18.4 Å². The Morgan fingerprint density at radius 1 is 1.37 bits per heavy atom. The molecule has 0 atom stereocenters. The molecule has 0 aliphatic carbocycles. The van der Waals surface area contributed by atoms with Crippen molar-refractivity contribution < 1.29 is 19.4 Å². The highest BCUT2D eigenvalue weighted by Crippen LogP contribution is 2.11. The van der Waals surface area contributed by atoms with E-state index >= 15 is 0 Å². The number of aromatic hydroxyl groups is 1. The van der Waals surface area contributed by atoms with Gasteiger partial charge in [0.25, 0.3) is 0 Å². The number of amides is 1. The predicted molar refractivity (Wildman–Crippen MR) is 69.7 cm³/mol. The Bertz CT molecular complexity index is 416. The van der Waals surface area contributed by atoms with Crippen LogP contribution < -0.4 is 5.32 Å². The largest absolute Gasteiger partial charge is 0.508 e. The molecule has 19 heavy (non-hydrogen) atoms. The van der Waals surface area contributed by atoms with Gasteiger partial charge in [-0.25, -0.2) is 0 Å². The van der Waals surface area contributed by atoms with Gasteiger partial charge in [0.2, 0.25) is 5.91 Å². The number of rotatable bonds is 5. The lowest BCUT2D eigenvalue weighted by molar-refractivity contribution is -0.183. The molecule has 104 valence electrons. The third-order valence-electron chi connectivity index (χ3n) is 2.89. The van der Waals surface area contributed by atoms with E-state index in [1.807, 2.05) is 6.07 Å². The Morgan fingerprint density at radius 3 is 2.89 bits per heavy atom. The Hall–Kier alpha value is -1.59. The summed E-state index contributed by atoms with van der Waals surface area (Å²) in [4.78, 5) is 11.6. The van der Waals surface area contributed by atoms with E-state index < -0.39 is 6.29 Å². The van der Waals surface area contributed by atoms with Gasteiger partial charge in [-0.2, -0.15) is 0 Å². The number of carbonyl (C=O) groups is 1. The molecule has 1 saturated heterocycles. The molecule has 1 amide bonds. The van der Waals surface area contributed by atoms with Crippen LogP contribution in [0.15, 0.2) is 24.3 Å². The van der Waals surface area contributed by atoms with E-state index in [1.165, 1.54) is 0 Å². The van der Waals surface area contributed by atoms with Gasteiger partial charge in [0.1, 0.15) is 5.75 Å². The quantitative estimate of drug-likeness (QED) is 0.839. The first-order valence-corrected chi connectivity index (χ1v) is 6.52. The molecular weight excluding hydrogens is 246 g/mol. The number of nitrogens with one attached hydrogen (secondary N) is 1. The van der Waals surface area contributed by atoms with Crippen LogP contribution in [0.5, 0.6) is 5.75 Å². The van der Waals surface area contributed by atoms with Crippen LogP contribution in [-0.2, 0) is 20.7 Å². The number of hydrogen-bond acceptors (Lipinski definition) is 4. The van der Waals surface area contributed by atoms with Crippen LogP contribution in [0.2, 0.25) is 0 Å². The third-order valence-corrected chi connectivity index (χ3v) is 2.89. The zero-order valence-corrected chi connectivity index (χ0v) is 10.8. The number of hydrogen-bond donors (Lipinski definition) is 2. The van der Waals surface area contributed by atoms with Crippen molar-refractivity contribution in [2.24, 2.45) is 0 Å². The monoisotopic (exact) mass is 265 g/mol. The predicted octanol–water partition coefficient (Wildman–Crippen LogP) is 1.20. The lowest BCUT2D eigenvalue weighted by atomic mass is 10.1. The van der Waals surface area contributed by atoms with E-state index in [2.05, 4.69) is 5.32 Å². The van der Waals surface area contributed by atoms with Crippen molar-refractivity contribution in [3.63, 3.8) is 0 Å². The molecule has 0 bridgehead atoms. The summed E-state index contributed by atoms with van der Waals surface area (Å²) in [5, 5.41) is 12.1. The lowest BCUT2D eigenvalue weighted by Crippen LogP contribution is -2.33. The van der Waals surface area contributed by atoms with Gasteiger partial charge in [-0.1, -0.05) is 12.1 Å². The third kappa shape index (κ3) is 4.89. The topological polar surface area (TPSA) is 67.8 Å². The van der Waals surface area contributed by atoms with Gasteiger partial charge in [0.15, 0.2) is 6.29 Å². The number of benzene rings is 1. The van der Waals surface area contributed by atoms with Gasteiger partial charge in [0, 0.05) is 6.54 Å². The number of carbonyl (C=O) groups excluding carboxylic acids is 1. The van der Waals surface area contributed by atoms with Crippen molar-refractivity contribution in [1.82, 2.24) is 5.32 Å². The highest BCUT2D eigenvalue weighted by Gasteiger charge is 2.17. The van der Waals surface area contributed by atoms with Crippen LogP contribution in [0.25, 0.3) is 0 Å². The minimum atomic E-state index is -0.408. The molecule has 2 N–H and O–H groups in total. The van der Waals surface area contributed by atoms with E-state index in [0.717, 1.165) is 12.0 Å². The molecule has 1 aliphatic heterocycles. The Kier molecular flexibility index (Phi) is 5.18. The molecule has 5 heteroatoms. The minimum absolute atomic E-state index is 0.0768. The summed E-state index contributed by atoms with van der Waals surface area (Å²) >= 11 is 0. The standard InChI is InChI=1S/C14H19NO4/c16-12-4-1-3-11(9-12)5-6-15-13(17)10-14-18-7-2-8-19-14/h1,3-4,9,14,16H,2,5-8,10H2,(H,15,17). The van der Waals surface area contributed by atoms with Gasteiger partial charge >= 0.3 is 0 Å². The van der Waals surface area contributed by atoms with Gasteiger partial charge < -0.3 is 19.9 Å². The summed E-state index contributed by atoms with van der Waals surface area (Å²) in [5.74, 6) is 0.167. The van der Waals surface area contributed by atoms with Crippen molar-refractivity contribution in [1.29, 1.82) is 0 Å². The fourth-order valence-corrected chi connectivity index (χ4v) is 1.94. The molecule has 5 nitrogen and oxygen atoms in total. The molecule has 0 aromatic heterocycles. The van der Waals surface area contributed by atoms with Crippen LogP contribution >= 0.6 is 0 Å². The minimum Gasteiger partial charge on any atom is -0.508 e. The maximum Gasteiger partial charge on any atom is 0.225 e. The summed E-state index contributed by atoms with van der Waals surface area (Å²) in [6.07, 6.45) is 1.40. The summed E-state index contributed by atoms with van der Waals surface area (Å²) in [6, 6.07) is 7.02. The van der Waals surface area contributed by atoms with E-state index in [1.54, 1.807) is 18.2 Å². The van der Waals surface area contributed by atoms with Gasteiger partial charge in [-0.15, -0.1) is 0 Å². The van der Waals surface area contributed by atoms with E-state index in [0.29, 0.717) is 26.2 Å². The van der Waals surface area contributed by atoms with Crippen molar-refractivity contribution in [3.8, 4) is 5.75 Å². The molecule has 1 fully saturated rings. The van der Waals surface area contributed by atoms with Crippen molar-refractivity contribution in [3.05, 3.63) is 29.8 Å². The van der Waals surface area contributed by atoms with Crippen LogP contribution in [0.4, 0.5) is 0 Å². The smallest absolute Gasteiger partial charge is 0.225 e. The molecule has 0 spiro atoms. The van der Waals surface area contributed by atoms with Crippen molar-refractivity contribution in [2.75, 3.05) is 19.8 Å². The molecule has 0 saturated carbocycles. The van der Waals surface area contributed by atoms with Crippen LogP contribution in [0.3, 0.4) is 0 Å². The number of phenols is 1. The first-order chi connectivity index (χ1) is 9.24. The maximum atomic E-state index is 11.6. The second kappa shape index (κ2) is 7.11. The summed E-state index contributed by atoms with van der Waals surface area (Å²) < 4.78 is 10.6. The average molecular weight is 265 g/mol. The number of ether oxygens (including phenoxy) is 2. The van der Waals surface area contributed by atoms with E-state index in [-0.39, 0.29) is 18.1 Å². The normalized spacial score (nSPS) is 16.2. The second-order valence-corrected chi connectivity index (χ2v) is 4.50. The summed E-state index contributed by atoms with van der Waals surface area (Å²) in [5.41, 5.74) is 0.991. The first-order valence-electron chi connectivity index (χ1n) is 6.52. The van der Waals surface area contributed by atoms with E-state index in [9.17, 15) is 9.90 Å². The molecule has 1 heterocycles. The zero-order chi connectivity index (χ0) is 13.5. The van der Waals surface area contributed by atoms with Crippen molar-refractivity contribution in [2.45, 2.75) is 25.6 Å². The molecule has 0 radical (unpaired) electrons. The molecule has 1 aliphatic rings. The van der Waals surface area contributed by atoms with Gasteiger partial charge in [-0.3, -0.25) is 4.79 Å². The Morgan fingerprint density at radius 2 is 2.16 bits per heavy atom. The maximum absolute atomic E-state index is 11.6. The van der Waals surface area contributed by atoms with E-state index in [4.69, 9.17) is 9.47 Å². The molecule has 2 rings (SSSR count). The summed E-state index contributed by atoms with van der Waals surface area (Å²) in [7, 11) is 0. The van der Waals surface area contributed by atoms with Gasteiger partial charge in [-0.05, 0) is 30.5 Å². The van der Waals surface area contributed by atoms with Crippen molar-refractivity contribution >= 4 is 5.91 Å². The molecule has 0 unspecified atom stereocenters. The second-order valence-electron chi connectivity index (χ2n) is 4.50. The Labute approximate surface area is 112 Å². The summed E-state index contributed by atoms with van der Waals surface area (Å²) in [6.45, 7) is 1.84. The van der Waals surface area contributed by atoms with Crippen LogP contribution in [-0.4, -0.2) is 37.1 Å². The highest BCUT2D eigenvalue weighted by atomic mass is 16.7. The lowest BCUT2D eigenvalue weighted by Gasteiger charge is -2.22. The molecule has 1 aromatic rings. The first kappa shape index (κ1) is 13.8. The average Bonchev–Trinajstić information content (AvgIpc) is 2.40. The fraction of sp³-hybridized carbons (Fsp3) is 0.500. The Balaban J connectivity index is 1.66. The fourth-order valence-electron chi connectivity index (χ4n) is 1.94.